The van der Waals surface area contributed by atoms with E-state index in [0.717, 1.165) is 12.2 Å². The highest BCUT2D eigenvalue weighted by molar-refractivity contribution is 6.01. The van der Waals surface area contributed by atoms with Crippen molar-refractivity contribution in [3.05, 3.63) is 23.9 Å². The summed E-state index contributed by atoms with van der Waals surface area (Å²) in [7, 11) is 0. The van der Waals surface area contributed by atoms with Crippen molar-refractivity contribution in [1.29, 1.82) is 0 Å². The molecule has 0 aromatic carbocycles. The molecule has 0 radical (unpaired) electrons. The fourth-order valence-corrected chi connectivity index (χ4v) is 1.88. The van der Waals surface area contributed by atoms with Crippen molar-refractivity contribution >= 4 is 11.9 Å². The number of imide groups is 1. The van der Waals surface area contributed by atoms with E-state index in [2.05, 4.69) is 10.3 Å². The monoisotopic (exact) mass is 261 g/mol. The van der Waals surface area contributed by atoms with Gasteiger partial charge in [-0.05, 0) is 24.3 Å². The zero-order chi connectivity index (χ0) is 13.2. The Morgan fingerprint density at radius 3 is 2.79 bits per heavy atom. The smallest absolute Gasteiger partial charge is 0.324 e. The lowest BCUT2D eigenvalue weighted by Gasteiger charge is -2.12. The van der Waals surface area contributed by atoms with Crippen LogP contribution in [-0.2, 0) is 11.3 Å². The van der Waals surface area contributed by atoms with Crippen molar-refractivity contribution < 1.29 is 14.3 Å². The van der Waals surface area contributed by atoms with E-state index in [1.54, 1.807) is 12.3 Å². The Morgan fingerprint density at radius 1 is 1.37 bits per heavy atom. The van der Waals surface area contributed by atoms with E-state index in [0.29, 0.717) is 11.8 Å². The van der Waals surface area contributed by atoms with E-state index in [1.807, 2.05) is 6.07 Å². The van der Waals surface area contributed by atoms with Gasteiger partial charge in [-0.25, -0.2) is 9.78 Å². The van der Waals surface area contributed by atoms with E-state index in [9.17, 15) is 9.59 Å². The number of ether oxygens (including phenoxy) is 1. The molecule has 3 amide bonds. The quantitative estimate of drug-likeness (QED) is 0.800. The highest BCUT2D eigenvalue weighted by atomic mass is 16.5. The predicted molar refractivity (Wildman–Crippen MR) is 66.4 cm³/mol. The van der Waals surface area contributed by atoms with Gasteiger partial charge in [-0.15, -0.1) is 0 Å². The molecule has 1 aromatic heterocycles. The zero-order valence-corrected chi connectivity index (χ0v) is 10.5. The minimum Gasteiger partial charge on any atom is -0.477 e. The van der Waals surface area contributed by atoms with Crippen LogP contribution in [0, 0.1) is 5.92 Å². The summed E-state index contributed by atoms with van der Waals surface area (Å²) in [6, 6.07) is 3.25. The Labute approximate surface area is 110 Å². The summed E-state index contributed by atoms with van der Waals surface area (Å²) in [5, 5.41) is 2.48. The van der Waals surface area contributed by atoms with Crippen molar-refractivity contribution in [2.45, 2.75) is 19.4 Å². The Hall–Kier alpha value is -2.11. The number of rotatable bonds is 5. The number of urea groups is 1. The lowest BCUT2D eigenvalue weighted by atomic mass is 10.2. The van der Waals surface area contributed by atoms with Crippen molar-refractivity contribution in [3.63, 3.8) is 0 Å². The van der Waals surface area contributed by atoms with Gasteiger partial charge in [-0.1, -0.05) is 6.07 Å². The number of aromatic nitrogens is 1. The molecule has 1 aliphatic heterocycles. The minimum atomic E-state index is -0.348. The van der Waals surface area contributed by atoms with E-state index in [1.165, 1.54) is 17.7 Å². The molecular formula is C13H15N3O3. The second-order valence-corrected chi connectivity index (χ2v) is 4.90. The van der Waals surface area contributed by atoms with Crippen molar-refractivity contribution in [3.8, 4) is 5.88 Å². The van der Waals surface area contributed by atoms with Crippen LogP contribution < -0.4 is 10.1 Å². The summed E-state index contributed by atoms with van der Waals surface area (Å²) in [6.07, 6.45) is 4.12. The maximum absolute atomic E-state index is 11.4. The number of nitrogens with zero attached hydrogens (tertiary/aromatic N) is 2. The van der Waals surface area contributed by atoms with Crippen LogP contribution in [0.3, 0.4) is 0 Å². The third-order valence-electron chi connectivity index (χ3n) is 3.24. The SMILES string of the molecule is O=C1CNC(=O)N1Cc1ccc(OCC2CC2)nc1. The molecule has 2 aliphatic rings. The molecule has 3 rings (SSSR count). The van der Waals surface area contributed by atoms with E-state index in [4.69, 9.17) is 4.74 Å². The van der Waals surface area contributed by atoms with Crippen LogP contribution in [0.1, 0.15) is 18.4 Å². The summed E-state index contributed by atoms with van der Waals surface area (Å²) >= 11 is 0. The highest BCUT2D eigenvalue weighted by Gasteiger charge is 2.28. The van der Waals surface area contributed by atoms with E-state index < -0.39 is 0 Å². The number of hydrogen-bond acceptors (Lipinski definition) is 4. The van der Waals surface area contributed by atoms with Gasteiger partial charge in [0.1, 0.15) is 0 Å². The van der Waals surface area contributed by atoms with Crippen LogP contribution >= 0.6 is 0 Å². The summed E-state index contributed by atoms with van der Waals surface area (Å²) in [4.78, 5) is 28.2. The third-order valence-corrected chi connectivity index (χ3v) is 3.24. The Bertz CT molecular complexity index is 480. The number of nitrogens with one attached hydrogen (secondary N) is 1. The van der Waals surface area contributed by atoms with Gasteiger partial charge >= 0.3 is 6.03 Å². The molecule has 2 fully saturated rings. The molecule has 0 bridgehead atoms. The molecule has 1 aliphatic carbocycles. The Kier molecular flexibility index (Phi) is 3.06. The van der Waals surface area contributed by atoms with Crippen LogP contribution in [0.25, 0.3) is 0 Å². The first-order valence-electron chi connectivity index (χ1n) is 6.38. The number of amides is 3. The molecular weight excluding hydrogens is 246 g/mol. The molecule has 0 spiro atoms. The second kappa shape index (κ2) is 4.87. The van der Waals surface area contributed by atoms with E-state index >= 15 is 0 Å². The summed E-state index contributed by atoms with van der Waals surface area (Å²) in [5.41, 5.74) is 0.809. The topological polar surface area (TPSA) is 71.5 Å². The second-order valence-electron chi connectivity index (χ2n) is 4.90. The lowest BCUT2D eigenvalue weighted by molar-refractivity contribution is -0.125. The molecule has 100 valence electrons. The standard InChI is InChI=1S/C13H15N3O3/c17-12-6-15-13(18)16(12)7-10-3-4-11(14-5-10)19-8-9-1-2-9/h3-5,9H,1-2,6-8H2,(H,15,18). The third kappa shape index (κ3) is 2.83. The van der Waals surface area contributed by atoms with E-state index in [-0.39, 0.29) is 25.0 Å². The maximum atomic E-state index is 11.4. The van der Waals surface area contributed by atoms with Gasteiger partial charge < -0.3 is 10.1 Å². The largest absolute Gasteiger partial charge is 0.477 e. The van der Waals surface area contributed by atoms with Crippen molar-refractivity contribution in [1.82, 2.24) is 15.2 Å². The normalized spacial score (nSPS) is 18.6. The average Bonchev–Trinajstić information content (AvgIpc) is 3.20. The van der Waals surface area contributed by atoms with Crippen LogP contribution in [0.4, 0.5) is 4.79 Å². The summed E-state index contributed by atoms with van der Waals surface area (Å²) < 4.78 is 5.53. The first-order chi connectivity index (χ1) is 9.22. The predicted octanol–water partition coefficient (Wildman–Crippen LogP) is 0.922. The van der Waals surface area contributed by atoms with Crippen LogP contribution in [0.5, 0.6) is 5.88 Å². The van der Waals surface area contributed by atoms with Crippen LogP contribution in [0.2, 0.25) is 0 Å². The van der Waals surface area contributed by atoms with Gasteiger partial charge in [0.25, 0.3) is 0 Å². The molecule has 0 unspecified atom stereocenters. The van der Waals surface area contributed by atoms with Crippen molar-refractivity contribution in [2.75, 3.05) is 13.2 Å². The molecule has 1 aromatic rings. The number of hydrogen-bond donors (Lipinski definition) is 1. The minimum absolute atomic E-state index is 0.0782. The molecule has 6 heteroatoms. The van der Waals surface area contributed by atoms with Gasteiger partial charge in [0.15, 0.2) is 0 Å². The van der Waals surface area contributed by atoms with Crippen molar-refractivity contribution in [2.24, 2.45) is 5.92 Å². The summed E-state index contributed by atoms with van der Waals surface area (Å²) in [6.45, 7) is 1.05. The number of carbonyl (C=O) groups is 2. The molecule has 2 heterocycles. The Morgan fingerprint density at radius 2 is 2.21 bits per heavy atom. The molecule has 1 saturated heterocycles. The van der Waals surface area contributed by atoms with Gasteiger partial charge in [-0.2, -0.15) is 0 Å². The first kappa shape index (κ1) is 12.0. The first-order valence-corrected chi connectivity index (χ1v) is 6.38. The molecule has 0 atom stereocenters. The molecule has 6 nitrogen and oxygen atoms in total. The van der Waals surface area contributed by atoms with Gasteiger partial charge in [-0.3, -0.25) is 9.69 Å². The average molecular weight is 261 g/mol. The zero-order valence-electron chi connectivity index (χ0n) is 10.5. The Balaban J connectivity index is 1.58. The molecule has 1 N–H and O–H groups in total. The number of pyridine rings is 1. The van der Waals surface area contributed by atoms with Gasteiger partial charge in [0.05, 0.1) is 19.7 Å². The fourth-order valence-electron chi connectivity index (χ4n) is 1.88. The molecule has 19 heavy (non-hydrogen) atoms. The van der Waals surface area contributed by atoms with Crippen LogP contribution in [-0.4, -0.2) is 35.0 Å². The number of carbonyl (C=O) groups excluding carboxylic acids is 2. The molecule has 1 saturated carbocycles. The van der Waals surface area contributed by atoms with Gasteiger partial charge in [0, 0.05) is 12.3 Å². The van der Waals surface area contributed by atoms with Crippen LogP contribution in [0.15, 0.2) is 18.3 Å². The van der Waals surface area contributed by atoms with Gasteiger partial charge in [0.2, 0.25) is 11.8 Å². The maximum Gasteiger partial charge on any atom is 0.324 e. The highest BCUT2D eigenvalue weighted by Crippen LogP contribution is 2.29. The lowest BCUT2D eigenvalue weighted by Crippen LogP contribution is -2.30. The fraction of sp³-hybridized carbons (Fsp3) is 0.462. The summed E-state index contributed by atoms with van der Waals surface area (Å²) in [5.74, 6) is 1.07.